The monoisotopic (exact) mass is 313 g/mol. The highest BCUT2D eigenvalue weighted by Crippen LogP contribution is 2.30. The van der Waals surface area contributed by atoms with Crippen molar-refractivity contribution in [3.63, 3.8) is 0 Å². The standard InChI is InChI=1S/C14H10ClF2NO3/c1-8(13-12(16)7-6-11(15)14(13)17)21-10-4-2-9(3-5-10)18(19)20/h2-8H,1H3. The van der Waals surface area contributed by atoms with E-state index in [1.165, 1.54) is 31.2 Å². The van der Waals surface area contributed by atoms with E-state index < -0.39 is 22.7 Å². The smallest absolute Gasteiger partial charge is 0.269 e. The summed E-state index contributed by atoms with van der Waals surface area (Å²) in [5.41, 5.74) is -0.393. The topological polar surface area (TPSA) is 52.4 Å². The molecular weight excluding hydrogens is 304 g/mol. The first-order valence-corrected chi connectivity index (χ1v) is 6.32. The first kappa shape index (κ1) is 15.2. The Morgan fingerprint density at radius 3 is 2.38 bits per heavy atom. The maximum Gasteiger partial charge on any atom is 0.269 e. The lowest BCUT2D eigenvalue weighted by molar-refractivity contribution is -0.384. The Kier molecular flexibility index (Phi) is 4.37. The van der Waals surface area contributed by atoms with E-state index in [4.69, 9.17) is 16.3 Å². The number of nitrogens with zero attached hydrogens (tertiary/aromatic N) is 1. The number of non-ortho nitro benzene ring substituents is 1. The fourth-order valence-corrected chi connectivity index (χ4v) is 1.99. The van der Waals surface area contributed by atoms with Crippen molar-refractivity contribution in [2.45, 2.75) is 13.0 Å². The zero-order chi connectivity index (χ0) is 15.6. The summed E-state index contributed by atoms with van der Waals surface area (Å²) in [5.74, 6) is -1.40. The second-order valence-electron chi connectivity index (χ2n) is 4.27. The number of hydrogen-bond acceptors (Lipinski definition) is 3. The molecule has 0 radical (unpaired) electrons. The molecule has 2 rings (SSSR count). The summed E-state index contributed by atoms with van der Waals surface area (Å²) >= 11 is 5.62. The molecule has 0 saturated heterocycles. The lowest BCUT2D eigenvalue weighted by atomic mass is 10.1. The van der Waals surface area contributed by atoms with Gasteiger partial charge in [-0.2, -0.15) is 0 Å². The molecule has 0 saturated carbocycles. The van der Waals surface area contributed by atoms with Gasteiger partial charge in [-0.25, -0.2) is 8.78 Å². The van der Waals surface area contributed by atoms with E-state index in [2.05, 4.69) is 0 Å². The van der Waals surface area contributed by atoms with E-state index in [0.717, 1.165) is 12.1 Å². The van der Waals surface area contributed by atoms with Gasteiger partial charge in [-0.3, -0.25) is 10.1 Å². The van der Waals surface area contributed by atoms with Crippen LogP contribution in [0.5, 0.6) is 5.75 Å². The molecule has 0 aromatic heterocycles. The van der Waals surface area contributed by atoms with Crippen LogP contribution in [0.3, 0.4) is 0 Å². The number of halogens is 3. The minimum atomic E-state index is -0.940. The van der Waals surface area contributed by atoms with Crippen molar-refractivity contribution >= 4 is 17.3 Å². The minimum absolute atomic E-state index is 0.102. The highest BCUT2D eigenvalue weighted by Gasteiger charge is 2.20. The van der Waals surface area contributed by atoms with Crippen LogP contribution in [0.15, 0.2) is 36.4 Å². The third kappa shape index (κ3) is 3.28. The molecule has 1 atom stereocenters. The summed E-state index contributed by atoms with van der Waals surface area (Å²) in [6, 6.07) is 7.37. The van der Waals surface area contributed by atoms with E-state index in [9.17, 15) is 18.9 Å². The predicted octanol–water partition coefficient (Wildman–Crippen LogP) is 4.67. The third-order valence-electron chi connectivity index (χ3n) is 2.85. The Hall–Kier alpha value is -2.21. The summed E-state index contributed by atoms with van der Waals surface area (Å²) in [6.45, 7) is 1.46. The van der Waals surface area contributed by atoms with Gasteiger partial charge in [-0.15, -0.1) is 0 Å². The van der Waals surface area contributed by atoms with Gasteiger partial charge in [0.25, 0.3) is 5.69 Å². The van der Waals surface area contributed by atoms with Gasteiger partial charge < -0.3 is 4.74 Å². The van der Waals surface area contributed by atoms with Crippen LogP contribution in [-0.2, 0) is 0 Å². The van der Waals surface area contributed by atoms with Crippen molar-refractivity contribution in [2.75, 3.05) is 0 Å². The second kappa shape index (κ2) is 6.05. The molecule has 0 bridgehead atoms. The number of nitro benzene ring substituents is 1. The molecule has 4 nitrogen and oxygen atoms in total. The number of hydrogen-bond donors (Lipinski definition) is 0. The molecule has 0 amide bonds. The molecule has 2 aromatic rings. The molecular formula is C14H10ClF2NO3. The maximum absolute atomic E-state index is 13.8. The molecule has 0 aliphatic carbocycles. The summed E-state index contributed by atoms with van der Waals surface area (Å²) in [4.78, 5) is 9.98. The van der Waals surface area contributed by atoms with Gasteiger partial charge in [0.15, 0.2) is 5.82 Å². The summed E-state index contributed by atoms with van der Waals surface area (Å²) in [6.07, 6.45) is -0.940. The van der Waals surface area contributed by atoms with E-state index in [1.807, 2.05) is 0 Å². The first-order valence-electron chi connectivity index (χ1n) is 5.94. The van der Waals surface area contributed by atoms with Crippen LogP contribution in [0, 0.1) is 21.7 Å². The van der Waals surface area contributed by atoms with Crippen LogP contribution < -0.4 is 4.74 Å². The van der Waals surface area contributed by atoms with Crippen LogP contribution in [0.25, 0.3) is 0 Å². The molecule has 1 unspecified atom stereocenters. The van der Waals surface area contributed by atoms with Gasteiger partial charge in [0.2, 0.25) is 0 Å². The normalized spacial score (nSPS) is 12.0. The Morgan fingerprint density at radius 2 is 1.81 bits per heavy atom. The molecule has 2 aromatic carbocycles. The first-order chi connectivity index (χ1) is 9.90. The third-order valence-corrected chi connectivity index (χ3v) is 3.14. The van der Waals surface area contributed by atoms with Crippen molar-refractivity contribution in [1.29, 1.82) is 0 Å². The van der Waals surface area contributed by atoms with Crippen molar-refractivity contribution in [3.05, 3.63) is 68.7 Å². The Balaban J connectivity index is 2.24. The fourth-order valence-electron chi connectivity index (χ4n) is 1.82. The SMILES string of the molecule is CC(Oc1ccc([N+](=O)[O-])cc1)c1c(F)ccc(Cl)c1F. The van der Waals surface area contributed by atoms with Crippen LogP contribution in [0.2, 0.25) is 5.02 Å². The number of ether oxygens (including phenoxy) is 1. The zero-order valence-electron chi connectivity index (χ0n) is 10.8. The zero-order valence-corrected chi connectivity index (χ0v) is 11.6. The highest BCUT2D eigenvalue weighted by atomic mass is 35.5. The lowest BCUT2D eigenvalue weighted by Crippen LogP contribution is -2.08. The van der Waals surface area contributed by atoms with Crippen LogP contribution in [0.4, 0.5) is 14.5 Å². The van der Waals surface area contributed by atoms with E-state index in [-0.39, 0.29) is 22.0 Å². The van der Waals surface area contributed by atoms with Gasteiger partial charge >= 0.3 is 0 Å². The van der Waals surface area contributed by atoms with Crippen LogP contribution >= 0.6 is 11.6 Å². The number of benzene rings is 2. The molecule has 0 spiro atoms. The summed E-state index contributed by atoms with van der Waals surface area (Å²) in [5, 5.41) is 10.3. The largest absolute Gasteiger partial charge is 0.486 e. The molecule has 110 valence electrons. The summed E-state index contributed by atoms with van der Waals surface area (Å²) < 4.78 is 32.9. The highest BCUT2D eigenvalue weighted by molar-refractivity contribution is 6.30. The van der Waals surface area contributed by atoms with Crippen molar-refractivity contribution < 1.29 is 18.4 Å². The van der Waals surface area contributed by atoms with Gasteiger partial charge in [0.1, 0.15) is 17.7 Å². The Morgan fingerprint density at radius 1 is 1.19 bits per heavy atom. The van der Waals surface area contributed by atoms with Crippen molar-refractivity contribution in [2.24, 2.45) is 0 Å². The van der Waals surface area contributed by atoms with Gasteiger partial charge in [0.05, 0.1) is 15.5 Å². The van der Waals surface area contributed by atoms with Gasteiger partial charge in [-0.05, 0) is 31.2 Å². The summed E-state index contributed by atoms with van der Waals surface area (Å²) in [7, 11) is 0. The molecule has 7 heteroatoms. The number of rotatable bonds is 4. The number of nitro groups is 1. The molecule has 0 N–H and O–H groups in total. The average Bonchev–Trinajstić information content (AvgIpc) is 2.44. The Labute approximate surface area is 124 Å². The van der Waals surface area contributed by atoms with Crippen molar-refractivity contribution in [3.8, 4) is 5.75 Å². The van der Waals surface area contributed by atoms with Crippen molar-refractivity contribution in [1.82, 2.24) is 0 Å². The Bertz CT molecular complexity index is 677. The maximum atomic E-state index is 13.8. The average molecular weight is 314 g/mol. The lowest BCUT2D eigenvalue weighted by Gasteiger charge is -2.16. The predicted molar refractivity (Wildman–Crippen MR) is 73.5 cm³/mol. The molecule has 0 fully saturated rings. The fraction of sp³-hybridized carbons (Fsp3) is 0.143. The molecule has 0 aliphatic rings. The van der Waals surface area contributed by atoms with Crippen LogP contribution in [0.1, 0.15) is 18.6 Å². The second-order valence-corrected chi connectivity index (χ2v) is 4.68. The van der Waals surface area contributed by atoms with E-state index in [0.29, 0.717) is 0 Å². The molecule has 0 aliphatic heterocycles. The van der Waals surface area contributed by atoms with Gasteiger partial charge in [-0.1, -0.05) is 11.6 Å². The quantitative estimate of drug-likeness (QED) is 0.468. The van der Waals surface area contributed by atoms with Gasteiger partial charge in [0, 0.05) is 12.1 Å². The molecule has 21 heavy (non-hydrogen) atoms. The van der Waals surface area contributed by atoms with Crippen LogP contribution in [-0.4, -0.2) is 4.92 Å². The molecule has 0 heterocycles. The minimum Gasteiger partial charge on any atom is -0.486 e. The van der Waals surface area contributed by atoms with E-state index >= 15 is 0 Å². The van der Waals surface area contributed by atoms with E-state index in [1.54, 1.807) is 0 Å².